The molecule has 0 atom stereocenters. The lowest BCUT2D eigenvalue weighted by Gasteiger charge is -2.16. The maximum atomic E-state index is 13.3. The number of Topliss-reactive ketones (excluding diaryl/α,β-unsaturated/α-hetero) is 1. The maximum Gasteiger partial charge on any atom is 0.205 e. The lowest BCUT2D eigenvalue weighted by molar-refractivity contribution is 0.0847. The Kier molecular flexibility index (Phi) is 5.74. The first-order valence-electron chi connectivity index (χ1n) is 13.3. The number of ketones is 1. The van der Waals surface area contributed by atoms with Crippen LogP contribution in [0.15, 0.2) is 22.7 Å². The number of nitrogens with zero attached hydrogens (tertiary/aromatic N) is 5. The SMILES string of the molecule is CCn1nc(C2CC2)cc1Nc1nc(C(=O)C(C)(C)C)nc2[nH]c3cc(-c4c(C)noc4C)c(OC)cc3c12. The Hall–Kier alpha value is -4.21. The molecule has 1 aromatic carbocycles. The molecule has 0 unspecified atom stereocenters. The molecule has 39 heavy (non-hydrogen) atoms. The van der Waals surface area contributed by atoms with Gasteiger partial charge in [-0.1, -0.05) is 25.9 Å². The molecule has 0 spiro atoms. The molecular formula is C29H33N7O3. The third-order valence-corrected chi connectivity index (χ3v) is 7.30. The number of aromatic nitrogens is 6. The Bertz CT molecular complexity index is 1730. The van der Waals surface area contributed by atoms with Crippen LogP contribution in [0.5, 0.6) is 5.75 Å². The summed E-state index contributed by atoms with van der Waals surface area (Å²) in [6, 6.07) is 6.08. The van der Waals surface area contributed by atoms with Gasteiger partial charge in [-0.25, -0.2) is 14.6 Å². The van der Waals surface area contributed by atoms with Crippen LogP contribution in [-0.2, 0) is 6.54 Å². The molecule has 4 aromatic heterocycles. The highest BCUT2D eigenvalue weighted by atomic mass is 16.5. The molecule has 5 aromatic rings. The van der Waals surface area contributed by atoms with E-state index in [0.717, 1.165) is 57.5 Å². The number of aryl methyl sites for hydroxylation is 3. The maximum absolute atomic E-state index is 13.3. The topological polar surface area (TPSA) is 124 Å². The zero-order valence-corrected chi connectivity index (χ0v) is 23.4. The second-order valence-corrected chi connectivity index (χ2v) is 11.3. The van der Waals surface area contributed by atoms with Gasteiger partial charge in [0, 0.05) is 40.4 Å². The monoisotopic (exact) mass is 527 g/mol. The van der Waals surface area contributed by atoms with Gasteiger partial charge in [0.25, 0.3) is 0 Å². The van der Waals surface area contributed by atoms with Crippen LogP contribution >= 0.6 is 0 Å². The Morgan fingerprint density at radius 2 is 1.97 bits per heavy atom. The number of anilines is 2. The molecule has 1 aliphatic rings. The van der Waals surface area contributed by atoms with Crippen molar-refractivity contribution in [3.05, 3.63) is 41.2 Å². The zero-order chi connectivity index (χ0) is 27.6. The number of rotatable bonds is 7. The average Bonchev–Trinajstić information content (AvgIpc) is 3.45. The molecule has 1 aliphatic carbocycles. The van der Waals surface area contributed by atoms with Gasteiger partial charge >= 0.3 is 0 Å². The summed E-state index contributed by atoms with van der Waals surface area (Å²) in [5.74, 6) is 3.30. The van der Waals surface area contributed by atoms with Crippen LogP contribution in [0.3, 0.4) is 0 Å². The number of fused-ring (bicyclic) bond motifs is 3. The standard InChI is InChI=1S/C29H33N7O3/c1-8-36-22(13-19(34-36)16-9-10-16)31-27-24-17-12-21(38-7)18(23-14(2)35-39-15(23)3)11-20(17)30-26(24)32-28(33-27)25(37)29(4,5)6/h11-13,16H,8-10H2,1-7H3,(H2,30,31,32,33). The molecule has 1 saturated carbocycles. The van der Waals surface area contributed by atoms with Crippen LogP contribution in [0.25, 0.3) is 33.1 Å². The minimum Gasteiger partial charge on any atom is -0.496 e. The summed E-state index contributed by atoms with van der Waals surface area (Å²) in [4.78, 5) is 26.2. The Labute approximate surface area is 226 Å². The van der Waals surface area contributed by atoms with E-state index in [4.69, 9.17) is 24.3 Å². The predicted octanol–water partition coefficient (Wildman–Crippen LogP) is 6.46. The van der Waals surface area contributed by atoms with Crippen molar-refractivity contribution in [2.45, 2.75) is 66.8 Å². The van der Waals surface area contributed by atoms with E-state index in [0.29, 0.717) is 35.4 Å². The predicted molar refractivity (Wildman–Crippen MR) is 150 cm³/mol. The normalized spacial score (nSPS) is 13.9. The van der Waals surface area contributed by atoms with Gasteiger partial charge in [0.2, 0.25) is 11.6 Å². The van der Waals surface area contributed by atoms with Crippen molar-refractivity contribution >= 4 is 39.4 Å². The van der Waals surface area contributed by atoms with E-state index in [1.54, 1.807) is 7.11 Å². The number of hydrogen-bond donors (Lipinski definition) is 2. The van der Waals surface area contributed by atoms with Crippen molar-refractivity contribution in [3.63, 3.8) is 0 Å². The molecule has 6 rings (SSSR count). The van der Waals surface area contributed by atoms with Gasteiger partial charge in [-0.3, -0.25) is 4.79 Å². The van der Waals surface area contributed by atoms with Crippen molar-refractivity contribution in [3.8, 4) is 16.9 Å². The Morgan fingerprint density at radius 1 is 1.21 bits per heavy atom. The number of benzene rings is 1. The van der Waals surface area contributed by atoms with Crippen LogP contribution in [0.4, 0.5) is 11.6 Å². The molecule has 2 N–H and O–H groups in total. The second-order valence-electron chi connectivity index (χ2n) is 11.3. The molecule has 0 radical (unpaired) electrons. The van der Waals surface area contributed by atoms with Gasteiger partial charge < -0.3 is 19.6 Å². The third-order valence-electron chi connectivity index (χ3n) is 7.30. The van der Waals surface area contributed by atoms with E-state index in [-0.39, 0.29) is 11.6 Å². The van der Waals surface area contributed by atoms with Crippen molar-refractivity contribution in [1.29, 1.82) is 0 Å². The molecule has 0 aliphatic heterocycles. The van der Waals surface area contributed by atoms with Gasteiger partial charge in [0.1, 0.15) is 28.8 Å². The van der Waals surface area contributed by atoms with Crippen molar-refractivity contribution in [2.24, 2.45) is 5.41 Å². The molecule has 0 amide bonds. The van der Waals surface area contributed by atoms with Crippen LogP contribution in [-0.4, -0.2) is 42.8 Å². The van der Waals surface area contributed by atoms with E-state index in [1.165, 1.54) is 0 Å². The van der Waals surface area contributed by atoms with Gasteiger partial charge in [-0.05, 0) is 45.7 Å². The summed E-state index contributed by atoms with van der Waals surface area (Å²) < 4.78 is 13.2. The van der Waals surface area contributed by atoms with E-state index in [2.05, 4.69) is 28.4 Å². The largest absolute Gasteiger partial charge is 0.496 e. The number of carbonyl (C=O) groups is 1. The van der Waals surface area contributed by atoms with E-state index in [9.17, 15) is 4.79 Å². The van der Waals surface area contributed by atoms with E-state index in [1.807, 2.05) is 51.4 Å². The highest BCUT2D eigenvalue weighted by Gasteiger charge is 2.30. The van der Waals surface area contributed by atoms with Crippen molar-refractivity contribution in [1.82, 2.24) is 29.9 Å². The van der Waals surface area contributed by atoms with E-state index < -0.39 is 5.41 Å². The van der Waals surface area contributed by atoms with E-state index >= 15 is 0 Å². The number of ether oxygens (including phenoxy) is 1. The minimum absolute atomic E-state index is 0.136. The molecule has 0 bridgehead atoms. The first-order valence-corrected chi connectivity index (χ1v) is 13.3. The fourth-order valence-electron chi connectivity index (χ4n) is 5.06. The van der Waals surface area contributed by atoms with Crippen molar-refractivity contribution < 1.29 is 14.1 Å². The lowest BCUT2D eigenvalue weighted by Crippen LogP contribution is -2.23. The molecule has 4 heterocycles. The highest BCUT2D eigenvalue weighted by Crippen LogP contribution is 2.43. The molecule has 10 nitrogen and oxygen atoms in total. The minimum atomic E-state index is -0.638. The lowest BCUT2D eigenvalue weighted by atomic mass is 9.90. The second kappa shape index (κ2) is 8.93. The summed E-state index contributed by atoms with van der Waals surface area (Å²) in [5.41, 5.74) is 4.38. The number of aromatic amines is 1. The molecule has 202 valence electrons. The van der Waals surface area contributed by atoms with Gasteiger partial charge in [-0.15, -0.1) is 0 Å². The third kappa shape index (κ3) is 4.24. The number of H-pyrrole nitrogens is 1. The molecule has 10 heteroatoms. The Balaban J connectivity index is 1.59. The van der Waals surface area contributed by atoms with Crippen LogP contribution in [0.1, 0.15) is 74.2 Å². The first kappa shape index (κ1) is 25.1. The fraction of sp³-hybridized carbons (Fsp3) is 0.414. The first-order chi connectivity index (χ1) is 18.6. The summed E-state index contributed by atoms with van der Waals surface area (Å²) in [5, 5.41) is 14.1. The van der Waals surface area contributed by atoms with Crippen LogP contribution < -0.4 is 10.1 Å². The quantitative estimate of drug-likeness (QED) is 0.231. The Morgan fingerprint density at radius 3 is 2.59 bits per heavy atom. The van der Waals surface area contributed by atoms with Crippen LogP contribution in [0, 0.1) is 19.3 Å². The van der Waals surface area contributed by atoms with Gasteiger partial charge in [0.05, 0.1) is 29.4 Å². The highest BCUT2D eigenvalue weighted by molar-refractivity contribution is 6.14. The number of methoxy groups -OCH3 is 1. The smallest absolute Gasteiger partial charge is 0.205 e. The summed E-state index contributed by atoms with van der Waals surface area (Å²) >= 11 is 0. The summed E-state index contributed by atoms with van der Waals surface area (Å²) in [6.07, 6.45) is 2.33. The number of carbonyl (C=O) groups excluding carboxylic acids is 1. The summed E-state index contributed by atoms with van der Waals surface area (Å²) in [7, 11) is 1.65. The fourth-order valence-corrected chi connectivity index (χ4v) is 5.06. The molecule has 0 saturated heterocycles. The zero-order valence-electron chi connectivity index (χ0n) is 23.4. The number of hydrogen-bond acceptors (Lipinski definition) is 8. The molecule has 1 fully saturated rings. The number of nitrogens with one attached hydrogen (secondary N) is 2. The van der Waals surface area contributed by atoms with Crippen molar-refractivity contribution in [2.75, 3.05) is 12.4 Å². The average molecular weight is 528 g/mol. The van der Waals surface area contributed by atoms with Gasteiger partial charge in [-0.2, -0.15) is 5.10 Å². The van der Waals surface area contributed by atoms with Gasteiger partial charge in [0.15, 0.2) is 0 Å². The molecular weight excluding hydrogens is 494 g/mol. The van der Waals surface area contributed by atoms with Crippen LogP contribution in [0.2, 0.25) is 0 Å². The summed E-state index contributed by atoms with van der Waals surface area (Å²) in [6.45, 7) is 12.2.